The molecule has 0 aromatic rings. The second-order valence-corrected chi connectivity index (χ2v) is 17.8. The van der Waals surface area contributed by atoms with E-state index >= 15 is 0 Å². The molecule has 6 aliphatic carbocycles. The lowest BCUT2D eigenvalue weighted by molar-refractivity contribution is -0.431. The molecule has 0 aromatic heterocycles. The van der Waals surface area contributed by atoms with Crippen molar-refractivity contribution in [1.29, 1.82) is 0 Å². The summed E-state index contributed by atoms with van der Waals surface area (Å²) in [4.78, 5) is 0. The zero-order chi connectivity index (χ0) is 49.7. The molecule has 378 valence electrons. The van der Waals surface area contributed by atoms with Gasteiger partial charge in [-0.05, 0) is 55.3 Å². The summed E-state index contributed by atoms with van der Waals surface area (Å²) >= 11 is 0. The lowest BCUT2D eigenvalue weighted by Crippen LogP contribution is -2.77. The maximum Gasteiger partial charge on any atom is 0.394 e. The molecule has 63 heavy (non-hydrogen) atoms. The van der Waals surface area contributed by atoms with Gasteiger partial charge >= 0.3 is 42.5 Å². The summed E-state index contributed by atoms with van der Waals surface area (Å²) in [7, 11) is 0. The van der Waals surface area contributed by atoms with Gasteiger partial charge in [0.2, 0.25) is 5.67 Å². The minimum absolute atomic E-state index is 0. The molecule has 0 amide bonds. The van der Waals surface area contributed by atoms with Crippen molar-refractivity contribution in [3.63, 3.8) is 0 Å². The molecule has 0 aliphatic heterocycles. The molecular weight excluding hydrogens is 931 g/mol. The average molecular weight is 983 g/mol. The second kappa shape index (κ2) is 18.1. The van der Waals surface area contributed by atoms with E-state index < -0.39 is 144 Å². The summed E-state index contributed by atoms with van der Waals surface area (Å²) in [6.45, 7) is 7.64. The third-order valence-electron chi connectivity index (χ3n) is 14.6. The summed E-state index contributed by atoms with van der Waals surface area (Å²) in [5, 5.41) is 0. The van der Waals surface area contributed by atoms with E-state index in [2.05, 4.69) is 0 Å². The Kier molecular flexibility index (Phi) is 17.0. The van der Waals surface area contributed by atoms with Crippen molar-refractivity contribution in [2.24, 2.45) is 76.4 Å². The van der Waals surface area contributed by atoms with E-state index in [0.717, 1.165) is 26.7 Å². The molecule has 25 heteroatoms. The molecule has 6 saturated carbocycles. The van der Waals surface area contributed by atoms with Crippen LogP contribution in [0.4, 0.5) is 110 Å². The second-order valence-electron chi connectivity index (χ2n) is 17.8. The van der Waals surface area contributed by atoms with Gasteiger partial charge in [0.1, 0.15) is 18.5 Å². The van der Waals surface area contributed by atoms with Gasteiger partial charge in [-0.15, -0.1) is 0 Å². The van der Waals surface area contributed by atoms with Gasteiger partial charge in [-0.1, -0.05) is 62.8 Å². The molecule has 0 saturated heterocycles. The summed E-state index contributed by atoms with van der Waals surface area (Å²) in [5.74, 6) is -42.6. The van der Waals surface area contributed by atoms with Crippen LogP contribution < -0.4 is 0 Å². The maximum absolute atomic E-state index is 13.2. The number of hydrogen-bond acceptors (Lipinski definition) is 0. The molecular formula is C38H51F25. The predicted molar refractivity (Wildman–Crippen MR) is 179 cm³/mol. The summed E-state index contributed by atoms with van der Waals surface area (Å²) in [5.41, 5.74) is -6.41. The Morgan fingerprint density at radius 2 is 0.698 bits per heavy atom. The van der Waals surface area contributed by atoms with Gasteiger partial charge in [0, 0.05) is 11.8 Å². The van der Waals surface area contributed by atoms with Crippen molar-refractivity contribution in [3.8, 4) is 0 Å². The van der Waals surface area contributed by atoms with Crippen LogP contribution in [0.3, 0.4) is 0 Å². The van der Waals surface area contributed by atoms with Gasteiger partial charge < -0.3 is 0 Å². The number of hydrogen-bond donors (Lipinski definition) is 0. The number of fused-ring (bicyclic) bond motifs is 1. The zero-order valence-electron chi connectivity index (χ0n) is 34.1. The van der Waals surface area contributed by atoms with E-state index in [4.69, 9.17) is 0 Å². The highest BCUT2D eigenvalue weighted by Crippen LogP contribution is 2.71. The Morgan fingerprint density at radius 1 is 0.381 bits per heavy atom. The monoisotopic (exact) mass is 982 g/mol. The van der Waals surface area contributed by atoms with Gasteiger partial charge in [0.25, 0.3) is 5.92 Å². The molecule has 0 heterocycles. The Labute approximate surface area is 347 Å². The van der Waals surface area contributed by atoms with Crippen LogP contribution in [0.15, 0.2) is 0 Å². The van der Waals surface area contributed by atoms with Crippen LogP contribution in [0, 0.1) is 76.4 Å². The highest BCUT2D eigenvalue weighted by Gasteiger charge is 2.91. The van der Waals surface area contributed by atoms with Crippen LogP contribution in [-0.4, -0.2) is 78.8 Å². The average Bonchev–Trinajstić information content (AvgIpc) is 3.69. The van der Waals surface area contributed by atoms with Crippen molar-refractivity contribution in [2.45, 2.75) is 161 Å². The predicted octanol–water partition coefficient (Wildman–Crippen LogP) is 15.8. The van der Waals surface area contributed by atoms with Crippen LogP contribution in [0.25, 0.3) is 0 Å². The zero-order valence-corrected chi connectivity index (χ0v) is 34.1. The lowest BCUT2D eigenvalue weighted by atomic mass is 9.53. The molecule has 0 N–H and O–H groups in total. The molecule has 16 atom stereocenters. The Balaban J connectivity index is 0.000000428. The van der Waals surface area contributed by atoms with Gasteiger partial charge in [-0.25, -0.2) is 30.7 Å². The van der Waals surface area contributed by atoms with E-state index in [1.54, 1.807) is 0 Å². The quantitative estimate of drug-likeness (QED) is 0.212. The fourth-order valence-corrected chi connectivity index (χ4v) is 10.2. The summed E-state index contributed by atoms with van der Waals surface area (Å²) < 4.78 is 322. The minimum Gasteiger partial charge on any atom is -0.247 e. The number of alkyl halides is 25. The third-order valence-corrected chi connectivity index (χ3v) is 14.6. The van der Waals surface area contributed by atoms with Crippen LogP contribution in [-0.2, 0) is 0 Å². The molecule has 6 aliphatic rings. The number of rotatable bonds is 0. The largest absolute Gasteiger partial charge is 0.394 e. The van der Waals surface area contributed by atoms with Gasteiger partial charge in [-0.2, -0.15) is 79.0 Å². The first kappa shape index (κ1) is 59.3. The Hall–Kier alpha value is -1.75. The first-order chi connectivity index (χ1) is 27.1. The molecule has 14 unspecified atom stereocenters. The smallest absolute Gasteiger partial charge is 0.247 e. The van der Waals surface area contributed by atoms with E-state index in [9.17, 15) is 110 Å². The van der Waals surface area contributed by atoms with Crippen LogP contribution >= 0.6 is 0 Å². The fraction of sp³-hybridized carbons (Fsp3) is 1.00. The van der Waals surface area contributed by atoms with E-state index in [1.165, 1.54) is 20.8 Å². The van der Waals surface area contributed by atoms with E-state index in [1.807, 2.05) is 6.92 Å². The summed E-state index contributed by atoms with van der Waals surface area (Å²) in [6.07, 6.45) is -25.7. The highest BCUT2D eigenvalue weighted by atomic mass is 19.4. The van der Waals surface area contributed by atoms with Crippen molar-refractivity contribution in [1.82, 2.24) is 0 Å². The van der Waals surface area contributed by atoms with Crippen molar-refractivity contribution in [2.75, 3.05) is 0 Å². The number of halogens is 25. The van der Waals surface area contributed by atoms with Gasteiger partial charge in [0.15, 0.2) is 6.17 Å². The fourth-order valence-electron chi connectivity index (χ4n) is 10.2. The standard InChI is InChI=1S/C12H15F9.C9H13F3.C8H7F9.C8H12F4.CH4/c1-4-5(2)8(11(16,17)18)9(12(19,20)21)6(3)7(4)10(13,14)15;1-5-6-3-4-7(5)8(6,2)9(10,11)12;1-3-5(10,11)4(2,9)7(14,15)8(16,17)6(3,12)13;1-3-5(9)4(2)7(11)8(12)6(3)10;/h4-9H,1-3H3;5-7H,3-4H2,1-2H3;3H,1-2H3;3-8H,1-2H3;1H4/t;5?,6-,7+,8?;;;. The van der Waals surface area contributed by atoms with Crippen molar-refractivity contribution >= 4 is 0 Å². The normalized spacial score (nSPS) is 45.0. The highest BCUT2D eigenvalue weighted by molar-refractivity contribution is 5.20. The van der Waals surface area contributed by atoms with Gasteiger partial charge in [0.05, 0.1) is 29.1 Å². The lowest BCUT2D eigenvalue weighted by Gasteiger charge is -2.53. The summed E-state index contributed by atoms with van der Waals surface area (Å²) in [6, 6.07) is 0. The molecule has 0 radical (unpaired) electrons. The van der Waals surface area contributed by atoms with E-state index in [-0.39, 0.29) is 26.2 Å². The van der Waals surface area contributed by atoms with E-state index in [0.29, 0.717) is 12.8 Å². The first-order valence-electron chi connectivity index (χ1n) is 19.1. The molecule has 6 rings (SSSR count). The SMILES string of the molecule is C.CC1C(C)C(C(F)(F)F)C(C(F)(F)F)C(C)C1C(F)(F)F.CC1C(F)(F)C(C)(F)C(F)(F)C(F)(F)C1(F)F.CC1C(F)C(C)C(F)C(F)C1F.CC1[C@H]2CC[C@@H]1C2(C)C(F)(F)F. The molecule has 0 nitrogen and oxygen atoms in total. The maximum atomic E-state index is 13.2. The topological polar surface area (TPSA) is 0 Å². The molecule has 2 bridgehead atoms. The molecule has 6 fully saturated rings. The minimum atomic E-state index is -6.19. The van der Waals surface area contributed by atoms with Crippen molar-refractivity contribution in [3.05, 3.63) is 0 Å². The molecule has 0 spiro atoms. The molecule has 0 aromatic carbocycles. The van der Waals surface area contributed by atoms with Crippen LogP contribution in [0.2, 0.25) is 0 Å². The van der Waals surface area contributed by atoms with Crippen LogP contribution in [0.5, 0.6) is 0 Å². The van der Waals surface area contributed by atoms with Crippen molar-refractivity contribution < 1.29 is 110 Å². The first-order valence-corrected chi connectivity index (χ1v) is 19.1. The third kappa shape index (κ3) is 9.56. The van der Waals surface area contributed by atoms with Crippen LogP contribution in [0.1, 0.15) is 82.6 Å². The van der Waals surface area contributed by atoms with Gasteiger partial charge in [-0.3, -0.25) is 0 Å². The Morgan fingerprint density at radius 3 is 0.984 bits per heavy atom. The Bertz CT molecular complexity index is 1390.